The van der Waals surface area contributed by atoms with Crippen molar-refractivity contribution < 1.29 is 14.2 Å². The van der Waals surface area contributed by atoms with Crippen molar-refractivity contribution >= 4 is 15.9 Å². The molecule has 0 spiro atoms. The Morgan fingerprint density at radius 3 is 2.59 bits per heavy atom. The Morgan fingerprint density at radius 2 is 2.18 bits per heavy atom. The molecule has 1 atom stereocenters. The van der Waals surface area contributed by atoms with Crippen LogP contribution in [0.15, 0.2) is 10.5 Å². The Hall–Kier alpha value is -0.810. The van der Waals surface area contributed by atoms with Crippen LogP contribution >= 0.6 is 15.9 Å². The van der Waals surface area contributed by atoms with E-state index < -0.39 is 0 Å². The highest BCUT2D eigenvalue weighted by Crippen LogP contribution is 2.55. The number of hydrogen-bond donors (Lipinski definition) is 2. The van der Waals surface area contributed by atoms with E-state index in [0.29, 0.717) is 10.0 Å². The summed E-state index contributed by atoms with van der Waals surface area (Å²) in [5.41, 5.74) is 6.03. The van der Waals surface area contributed by atoms with E-state index in [1.54, 1.807) is 0 Å². The zero-order valence-corrected chi connectivity index (χ0v) is 11.3. The summed E-state index contributed by atoms with van der Waals surface area (Å²) in [5, 5.41) is 9.90. The number of aromatic hydroxyl groups is 1. The first-order valence-corrected chi connectivity index (χ1v) is 6.24. The Labute approximate surface area is 108 Å². The van der Waals surface area contributed by atoms with Crippen molar-refractivity contribution in [3.63, 3.8) is 0 Å². The summed E-state index contributed by atoms with van der Waals surface area (Å²) in [6, 6.07) is 1.05. The van der Waals surface area contributed by atoms with Crippen LogP contribution in [0.4, 0.5) is 4.39 Å². The fourth-order valence-corrected chi connectivity index (χ4v) is 3.05. The molecule has 0 aliphatic heterocycles. The van der Waals surface area contributed by atoms with Gasteiger partial charge in [-0.3, -0.25) is 0 Å². The van der Waals surface area contributed by atoms with Crippen molar-refractivity contribution in [3.05, 3.63) is 21.9 Å². The van der Waals surface area contributed by atoms with Crippen LogP contribution in [0.3, 0.4) is 0 Å². The third-order valence-corrected chi connectivity index (χ3v) is 4.31. The number of nitrogens with two attached hydrogens (primary N) is 1. The molecular formula is C12H15BrFNO2. The van der Waals surface area contributed by atoms with E-state index in [1.165, 1.54) is 13.2 Å². The van der Waals surface area contributed by atoms with Crippen LogP contribution in [0.1, 0.15) is 25.3 Å². The predicted octanol–water partition coefficient (Wildman–Crippen LogP) is 2.68. The van der Waals surface area contributed by atoms with Gasteiger partial charge in [0.1, 0.15) is 5.82 Å². The largest absolute Gasteiger partial charge is 0.503 e. The molecule has 2 rings (SSSR count). The predicted molar refractivity (Wildman–Crippen MR) is 66.9 cm³/mol. The van der Waals surface area contributed by atoms with Crippen LogP contribution in [-0.4, -0.2) is 18.3 Å². The second-order valence-electron chi connectivity index (χ2n) is 4.54. The van der Waals surface area contributed by atoms with Crippen molar-refractivity contribution in [2.45, 2.75) is 31.2 Å². The third kappa shape index (κ3) is 1.81. The molecule has 3 nitrogen and oxygen atoms in total. The zero-order valence-electron chi connectivity index (χ0n) is 9.76. The van der Waals surface area contributed by atoms with E-state index >= 15 is 0 Å². The average Bonchev–Trinajstić information content (AvgIpc) is 3.05. The highest BCUT2D eigenvalue weighted by atomic mass is 79.9. The SMILES string of the molecule is COc1cc(F)c(C2(C(C)N)CC2)c(Br)c1O. The summed E-state index contributed by atoms with van der Waals surface area (Å²) < 4.78 is 19.4. The molecule has 1 aliphatic rings. The van der Waals surface area contributed by atoms with Crippen LogP contribution in [0.2, 0.25) is 0 Å². The molecule has 3 N–H and O–H groups in total. The van der Waals surface area contributed by atoms with Gasteiger partial charge in [-0.2, -0.15) is 0 Å². The summed E-state index contributed by atoms with van der Waals surface area (Å²) in [6.07, 6.45) is 1.68. The monoisotopic (exact) mass is 303 g/mol. The van der Waals surface area contributed by atoms with Crippen molar-refractivity contribution in [2.75, 3.05) is 7.11 Å². The van der Waals surface area contributed by atoms with Crippen molar-refractivity contribution in [1.82, 2.24) is 0 Å². The lowest BCUT2D eigenvalue weighted by Gasteiger charge is -2.23. The van der Waals surface area contributed by atoms with Crippen molar-refractivity contribution in [3.8, 4) is 11.5 Å². The maximum Gasteiger partial charge on any atom is 0.172 e. The molecular weight excluding hydrogens is 289 g/mol. The molecule has 1 aromatic rings. The number of phenols is 1. The number of methoxy groups -OCH3 is 1. The topological polar surface area (TPSA) is 55.5 Å². The Balaban J connectivity index is 2.60. The summed E-state index contributed by atoms with van der Waals surface area (Å²) in [5.74, 6) is -0.337. The average molecular weight is 304 g/mol. The minimum Gasteiger partial charge on any atom is -0.503 e. The van der Waals surface area contributed by atoms with Gasteiger partial charge in [0.2, 0.25) is 0 Å². The molecule has 0 amide bonds. The van der Waals surface area contributed by atoms with Crippen LogP contribution in [0, 0.1) is 5.82 Å². The molecule has 5 heteroatoms. The summed E-state index contributed by atoms with van der Waals surface area (Å²) in [7, 11) is 1.39. The van der Waals surface area contributed by atoms with Gasteiger partial charge in [-0.05, 0) is 35.7 Å². The lowest BCUT2D eigenvalue weighted by atomic mass is 9.88. The number of ether oxygens (including phenoxy) is 1. The lowest BCUT2D eigenvalue weighted by molar-refractivity contribution is 0.365. The molecule has 1 saturated carbocycles. The highest BCUT2D eigenvalue weighted by molar-refractivity contribution is 9.10. The van der Waals surface area contributed by atoms with Crippen LogP contribution in [0.25, 0.3) is 0 Å². The van der Waals surface area contributed by atoms with Gasteiger partial charge in [-0.25, -0.2) is 4.39 Å². The first-order chi connectivity index (χ1) is 7.94. The van der Waals surface area contributed by atoms with Crippen LogP contribution < -0.4 is 10.5 Å². The molecule has 0 aromatic heterocycles. The molecule has 94 valence electrons. The molecule has 0 bridgehead atoms. The molecule has 1 unspecified atom stereocenters. The minimum atomic E-state index is -0.388. The second-order valence-corrected chi connectivity index (χ2v) is 5.34. The van der Waals surface area contributed by atoms with Crippen LogP contribution in [0.5, 0.6) is 11.5 Å². The molecule has 1 aromatic carbocycles. The van der Waals surface area contributed by atoms with Gasteiger partial charge >= 0.3 is 0 Å². The van der Waals surface area contributed by atoms with E-state index in [2.05, 4.69) is 15.9 Å². The lowest BCUT2D eigenvalue weighted by Crippen LogP contribution is -2.32. The highest BCUT2D eigenvalue weighted by Gasteiger charge is 2.50. The molecule has 1 aliphatic carbocycles. The number of benzene rings is 1. The molecule has 1 fully saturated rings. The van der Waals surface area contributed by atoms with E-state index in [1.807, 2.05) is 6.92 Å². The van der Waals surface area contributed by atoms with Gasteiger partial charge in [0.15, 0.2) is 11.5 Å². The number of phenolic OH excluding ortho intramolecular Hbond substituents is 1. The van der Waals surface area contributed by atoms with E-state index in [0.717, 1.165) is 12.8 Å². The van der Waals surface area contributed by atoms with Gasteiger partial charge < -0.3 is 15.6 Å². The maximum atomic E-state index is 14.1. The summed E-state index contributed by atoms with van der Waals surface area (Å²) in [6.45, 7) is 1.86. The second kappa shape index (κ2) is 4.14. The first-order valence-electron chi connectivity index (χ1n) is 5.45. The summed E-state index contributed by atoms with van der Waals surface area (Å²) in [4.78, 5) is 0. The van der Waals surface area contributed by atoms with Gasteiger partial charge in [0.25, 0.3) is 0 Å². The molecule has 0 radical (unpaired) electrons. The zero-order chi connectivity index (χ0) is 12.8. The third-order valence-electron chi connectivity index (χ3n) is 3.54. The fourth-order valence-electron chi connectivity index (χ4n) is 2.27. The Kier molecular flexibility index (Phi) is 3.08. The van der Waals surface area contributed by atoms with Crippen LogP contribution in [-0.2, 0) is 5.41 Å². The van der Waals surface area contributed by atoms with Crippen molar-refractivity contribution in [1.29, 1.82) is 0 Å². The van der Waals surface area contributed by atoms with Gasteiger partial charge in [-0.1, -0.05) is 0 Å². The van der Waals surface area contributed by atoms with E-state index in [-0.39, 0.29) is 28.8 Å². The van der Waals surface area contributed by atoms with Crippen molar-refractivity contribution in [2.24, 2.45) is 5.73 Å². The first kappa shape index (κ1) is 12.6. The van der Waals surface area contributed by atoms with Gasteiger partial charge in [0.05, 0.1) is 11.6 Å². The standard InChI is InChI=1S/C12H15BrFNO2/c1-6(15)12(3-4-12)9-7(14)5-8(17-2)11(16)10(9)13/h5-6,16H,3-4,15H2,1-2H3. The number of rotatable bonds is 3. The fraction of sp³-hybridized carbons (Fsp3) is 0.500. The van der Waals surface area contributed by atoms with E-state index in [9.17, 15) is 9.50 Å². The smallest absolute Gasteiger partial charge is 0.172 e. The minimum absolute atomic E-state index is 0.0733. The van der Waals surface area contributed by atoms with E-state index in [4.69, 9.17) is 10.5 Å². The quantitative estimate of drug-likeness (QED) is 0.902. The Bertz CT molecular complexity index is 458. The normalized spacial score (nSPS) is 18.9. The number of hydrogen-bond acceptors (Lipinski definition) is 3. The molecule has 0 heterocycles. The maximum absolute atomic E-state index is 14.1. The Morgan fingerprint density at radius 1 is 1.59 bits per heavy atom. The molecule has 0 saturated heterocycles. The number of halogens is 2. The summed E-state index contributed by atoms with van der Waals surface area (Å²) >= 11 is 3.24. The molecule has 17 heavy (non-hydrogen) atoms. The van der Waals surface area contributed by atoms with Gasteiger partial charge in [-0.15, -0.1) is 0 Å². The van der Waals surface area contributed by atoms with Gasteiger partial charge in [0, 0.05) is 23.1 Å².